The molecular formula is C20H24N6O. The summed E-state index contributed by atoms with van der Waals surface area (Å²) in [5.41, 5.74) is 4.40. The van der Waals surface area contributed by atoms with Gasteiger partial charge in [-0.15, -0.1) is 0 Å². The van der Waals surface area contributed by atoms with E-state index in [4.69, 9.17) is 5.10 Å². The van der Waals surface area contributed by atoms with Crippen molar-refractivity contribution >= 4 is 11.6 Å². The highest BCUT2D eigenvalue weighted by atomic mass is 16.2. The maximum absolute atomic E-state index is 12.5. The van der Waals surface area contributed by atoms with Crippen molar-refractivity contribution in [3.05, 3.63) is 60.2 Å². The quantitative estimate of drug-likeness (QED) is 0.711. The first-order valence-corrected chi connectivity index (χ1v) is 9.25. The van der Waals surface area contributed by atoms with Crippen LogP contribution in [0, 0.1) is 13.8 Å². The van der Waals surface area contributed by atoms with E-state index in [9.17, 15) is 4.79 Å². The predicted molar refractivity (Wildman–Crippen MR) is 104 cm³/mol. The van der Waals surface area contributed by atoms with Gasteiger partial charge in [0.25, 0.3) is 0 Å². The summed E-state index contributed by atoms with van der Waals surface area (Å²) in [6.07, 6.45) is 3.51. The van der Waals surface area contributed by atoms with E-state index in [1.54, 1.807) is 10.9 Å². The highest BCUT2D eigenvalue weighted by molar-refractivity contribution is 5.76. The number of aryl methyl sites for hydroxylation is 1. The van der Waals surface area contributed by atoms with Crippen LogP contribution in [-0.2, 0) is 11.3 Å². The standard InChI is InChI=1S/C20H24N6O/c1-16-20(17(2)26(22-16)18-7-4-3-5-8-18)24-13-11-23(12-14-24)19(27)15-25-10-6-9-21-25/h3-10H,11-15H2,1-2H3. The van der Waals surface area contributed by atoms with Gasteiger partial charge in [-0.25, -0.2) is 4.68 Å². The normalized spacial score (nSPS) is 14.6. The number of carbonyl (C=O) groups excluding carboxylic acids is 1. The lowest BCUT2D eigenvalue weighted by Crippen LogP contribution is -2.50. The summed E-state index contributed by atoms with van der Waals surface area (Å²) in [5.74, 6) is 0.117. The van der Waals surface area contributed by atoms with E-state index in [2.05, 4.69) is 36.0 Å². The Morgan fingerprint density at radius 3 is 2.44 bits per heavy atom. The van der Waals surface area contributed by atoms with Crippen molar-refractivity contribution in [3.8, 4) is 5.69 Å². The smallest absolute Gasteiger partial charge is 0.244 e. The number of anilines is 1. The molecule has 0 unspecified atom stereocenters. The molecular weight excluding hydrogens is 340 g/mol. The average molecular weight is 364 g/mol. The molecule has 1 saturated heterocycles. The van der Waals surface area contributed by atoms with Crippen LogP contribution in [0.2, 0.25) is 0 Å². The van der Waals surface area contributed by atoms with Gasteiger partial charge in [0.1, 0.15) is 6.54 Å². The molecule has 0 aliphatic carbocycles. The fraction of sp³-hybridized carbons (Fsp3) is 0.350. The second kappa shape index (κ2) is 7.26. The highest BCUT2D eigenvalue weighted by Crippen LogP contribution is 2.27. The average Bonchev–Trinajstić information content (AvgIpc) is 3.30. The molecule has 0 atom stereocenters. The minimum Gasteiger partial charge on any atom is -0.365 e. The monoisotopic (exact) mass is 364 g/mol. The Morgan fingerprint density at radius 1 is 1.04 bits per heavy atom. The number of benzene rings is 1. The van der Waals surface area contributed by atoms with E-state index in [0.29, 0.717) is 6.54 Å². The number of para-hydroxylation sites is 1. The van der Waals surface area contributed by atoms with Gasteiger partial charge in [0, 0.05) is 38.6 Å². The lowest BCUT2D eigenvalue weighted by molar-refractivity contribution is -0.132. The number of aromatic nitrogens is 4. The first kappa shape index (κ1) is 17.3. The van der Waals surface area contributed by atoms with Crippen LogP contribution in [0.5, 0.6) is 0 Å². The molecule has 0 bridgehead atoms. The van der Waals surface area contributed by atoms with Gasteiger partial charge in [-0.1, -0.05) is 18.2 Å². The molecule has 0 spiro atoms. The van der Waals surface area contributed by atoms with E-state index in [-0.39, 0.29) is 5.91 Å². The fourth-order valence-corrected chi connectivity index (χ4v) is 3.72. The Hall–Kier alpha value is -3.09. The van der Waals surface area contributed by atoms with Crippen LogP contribution in [0.3, 0.4) is 0 Å². The molecule has 0 N–H and O–H groups in total. The first-order chi connectivity index (χ1) is 13.1. The molecule has 4 rings (SSSR count). The lowest BCUT2D eigenvalue weighted by Gasteiger charge is -2.36. The molecule has 1 fully saturated rings. The molecule has 3 aromatic rings. The van der Waals surface area contributed by atoms with Gasteiger partial charge in [0.15, 0.2) is 0 Å². The van der Waals surface area contributed by atoms with Gasteiger partial charge >= 0.3 is 0 Å². The number of carbonyl (C=O) groups is 1. The molecule has 27 heavy (non-hydrogen) atoms. The van der Waals surface area contributed by atoms with Crippen LogP contribution >= 0.6 is 0 Å². The third-order valence-electron chi connectivity index (χ3n) is 5.06. The van der Waals surface area contributed by atoms with E-state index >= 15 is 0 Å². The molecule has 1 amide bonds. The van der Waals surface area contributed by atoms with E-state index in [1.807, 2.05) is 40.0 Å². The lowest BCUT2D eigenvalue weighted by atomic mass is 10.2. The van der Waals surface area contributed by atoms with Crippen LogP contribution < -0.4 is 4.90 Å². The van der Waals surface area contributed by atoms with E-state index in [1.165, 1.54) is 5.69 Å². The summed E-state index contributed by atoms with van der Waals surface area (Å²) in [4.78, 5) is 16.7. The van der Waals surface area contributed by atoms with Crippen molar-refractivity contribution in [1.29, 1.82) is 0 Å². The van der Waals surface area contributed by atoms with Gasteiger partial charge < -0.3 is 9.80 Å². The molecule has 1 aliphatic rings. The summed E-state index contributed by atoms with van der Waals surface area (Å²) in [7, 11) is 0. The van der Waals surface area contributed by atoms with Crippen molar-refractivity contribution in [1.82, 2.24) is 24.5 Å². The van der Waals surface area contributed by atoms with Gasteiger partial charge in [-0.3, -0.25) is 9.48 Å². The maximum atomic E-state index is 12.5. The molecule has 0 saturated carbocycles. The van der Waals surface area contributed by atoms with Crippen molar-refractivity contribution in [2.24, 2.45) is 0 Å². The number of piperazine rings is 1. The summed E-state index contributed by atoms with van der Waals surface area (Å²) in [5, 5.41) is 8.86. The van der Waals surface area contributed by atoms with Gasteiger partial charge in [0.05, 0.1) is 22.8 Å². The van der Waals surface area contributed by atoms with Crippen molar-refractivity contribution in [3.63, 3.8) is 0 Å². The number of hydrogen-bond donors (Lipinski definition) is 0. The zero-order valence-electron chi connectivity index (χ0n) is 15.7. The topological polar surface area (TPSA) is 59.2 Å². The Labute approximate surface area is 158 Å². The molecule has 1 aliphatic heterocycles. The number of amides is 1. The summed E-state index contributed by atoms with van der Waals surface area (Å²) in [6, 6.07) is 12.0. The third kappa shape index (κ3) is 3.45. The molecule has 0 radical (unpaired) electrons. The van der Waals surface area contributed by atoms with Gasteiger partial charge in [-0.2, -0.15) is 10.2 Å². The predicted octanol–water partition coefficient (Wildman–Crippen LogP) is 2.03. The first-order valence-electron chi connectivity index (χ1n) is 9.25. The SMILES string of the molecule is Cc1nn(-c2ccccc2)c(C)c1N1CCN(C(=O)Cn2cccn2)CC1. The van der Waals surface area contributed by atoms with Crippen LogP contribution in [-0.4, -0.2) is 56.5 Å². The molecule has 7 heteroatoms. The zero-order chi connectivity index (χ0) is 18.8. The summed E-state index contributed by atoms with van der Waals surface area (Å²) in [6.45, 7) is 7.52. The third-order valence-corrected chi connectivity index (χ3v) is 5.06. The fourth-order valence-electron chi connectivity index (χ4n) is 3.72. The number of nitrogens with zero attached hydrogens (tertiary/aromatic N) is 6. The van der Waals surface area contributed by atoms with Crippen LogP contribution in [0.15, 0.2) is 48.8 Å². The summed E-state index contributed by atoms with van der Waals surface area (Å²) >= 11 is 0. The minimum absolute atomic E-state index is 0.117. The molecule has 140 valence electrons. The minimum atomic E-state index is 0.117. The summed E-state index contributed by atoms with van der Waals surface area (Å²) < 4.78 is 3.67. The zero-order valence-corrected chi connectivity index (χ0v) is 15.7. The Bertz CT molecular complexity index is 908. The largest absolute Gasteiger partial charge is 0.365 e. The van der Waals surface area contributed by atoms with Crippen molar-refractivity contribution in [2.75, 3.05) is 31.1 Å². The van der Waals surface area contributed by atoms with Crippen molar-refractivity contribution in [2.45, 2.75) is 20.4 Å². The highest BCUT2D eigenvalue weighted by Gasteiger charge is 2.25. The second-order valence-electron chi connectivity index (χ2n) is 6.84. The van der Waals surface area contributed by atoms with E-state index in [0.717, 1.165) is 43.3 Å². The number of rotatable bonds is 4. The van der Waals surface area contributed by atoms with Gasteiger partial charge in [-0.05, 0) is 32.0 Å². The molecule has 2 aromatic heterocycles. The van der Waals surface area contributed by atoms with Crippen LogP contribution in [0.4, 0.5) is 5.69 Å². The molecule has 7 nitrogen and oxygen atoms in total. The Kier molecular flexibility index (Phi) is 4.66. The maximum Gasteiger partial charge on any atom is 0.244 e. The van der Waals surface area contributed by atoms with E-state index < -0.39 is 0 Å². The Morgan fingerprint density at radius 2 is 1.78 bits per heavy atom. The number of hydrogen-bond acceptors (Lipinski definition) is 4. The van der Waals surface area contributed by atoms with Crippen molar-refractivity contribution < 1.29 is 4.79 Å². The van der Waals surface area contributed by atoms with Gasteiger partial charge in [0.2, 0.25) is 5.91 Å². The van der Waals surface area contributed by atoms with Crippen LogP contribution in [0.1, 0.15) is 11.4 Å². The molecule has 1 aromatic carbocycles. The Balaban J connectivity index is 1.45. The molecule has 3 heterocycles. The second-order valence-corrected chi connectivity index (χ2v) is 6.84. The van der Waals surface area contributed by atoms with Crippen LogP contribution in [0.25, 0.3) is 5.69 Å².